The van der Waals surface area contributed by atoms with Gasteiger partial charge in [-0.15, -0.1) is 0 Å². The van der Waals surface area contributed by atoms with Gasteiger partial charge in [-0.05, 0) is 60.1 Å². The minimum Gasteiger partial charge on any atom is -0.334 e. The Morgan fingerprint density at radius 3 is 2.24 bits per heavy atom. The van der Waals surface area contributed by atoms with Crippen LogP contribution in [-0.4, -0.2) is 10.1 Å². The lowest BCUT2D eigenvalue weighted by atomic mass is 9.78. The van der Waals surface area contributed by atoms with Crippen LogP contribution in [0.5, 0.6) is 0 Å². The number of nitrogens with zero attached hydrogens (tertiary/aromatic N) is 2. The fraction of sp³-hybridized carbons (Fsp3) is 0.385. The molecule has 0 spiro atoms. The number of aromatic nitrogens is 2. The Bertz CT molecular complexity index is 940. The van der Waals surface area contributed by atoms with Crippen LogP contribution in [0.3, 0.4) is 0 Å². The molecule has 1 aliphatic rings. The molecule has 1 aromatic heterocycles. The number of rotatable bonds is 4. The van der Waals surface area contributed by atoms with Gasteiger partial charge in [0.05, 0.1) is 0 Å². The maximum atomic E-state index is 5.45. The van der Waals surface area contributed by atoms with Crippen molar-refractivity contribution in [3.05, 3.63) is 77.7 Å². The quantitative estimate of drug-likeness (QED) is 0.483. The van der Waals surface area contributed by atoms with E-state index in [9.17, 15) is 0 Å². The van der Waals surface area contributed by atoms with Gasteiger partial charge in [0, 0.05) is 5.56 Å². The predicted molar refractivity (Wildman–Crippen MR) is 119 cm³/mol. The van der Waals surface area contributed by atoms with Crippen LogP contribution in [0.1, 0.15) is 69.4 Å². The van der Waals surface area contributed by atoms with E-state index in [-0.39, 0.29) is 5.41 Å². The summed E-state index contributed by atoms with van der Waals surface area (Å²) in [5, 5.41) is 4.16. The number of hydrogen-bond donors (Lipinski definition) is 0. The molecule has 1 fully saturated rings. The molecule has 0 radical (unpaired) electrons. The molecule has 29 heavy (non-hydrogen) atoms. The van der Waals surface area contributed by atoms with E-state index in [0.717, 1.165) is 5.56 Å². The lowest BCUT2D eigenvalue weighted by molar-refractivity contribution is 0.375. The molecule has 0 unspecified atom stereocenters. The van der Waals surface area contributed by atoms with E-state index >= 15 is 0 Å². The van der Waals surface area contributed by atoms with Crippen molar-refractivity contribution in [1.82, 2.24) is 10.1 Å². The molecule has 3 nitrogen and oxygen atoms in total. The highest BCUT2D eigenvalue weighted by atomic mass is 16.5. The molecule has 3 heteroatoms. The lowest BCUT2D eigenvalue weighted by Gasteiger charge is -2.26. The fourth-order valence-corrected chi connectivity index (χ4v) is 4.13. The molecule has 4 rings (SSSR count). The Labute approximate surface area is 173 Å². The van der Waals surface area contributed by atoms with Gasteiger partial charge in [0.1, 0.15) is 0 Å². The average Bonchev–Trinajstić information content (AvgIpc) is 3.22. The summed E-state index contributed by atoms with van der Waals surface area (Å²) in [6.45, 7) is 6.64. The van der Waals surface area contributed by atoms with E-state index in [4.69, 9.17) is 4.52 Å². The van der Waals surface area contributed by atoms with E-state index in [2.05, 4.69) is 91.6 Å². The maximum Gasteiger partial charge on any atom is 0.250 e. The number of hydrogen-bond acceptors (Lipinski definition) is 3. The predicted octanol–water partition coefficient (Wildman–Crippen LogP) is 7.02. The van der Waals surface area contributed by atoms with Crippen molar-refractivity contribution in [2.24, 2.45) is 5.92 Å². The second-order valence-electron chi connectivity index (χ2n) is 9.17. The molecule has 3 aromatic rings. The van der Waals surface area contributed by atoms with Crippen LogP contribution < -0.4 is 0 Å². The van der Waals surface area contributed by atoms with Crippen molar-refractivity contribution in [2.45, 2.75) is 57.8 Å². The van der Waals surface area contributed by atoms with Gasteiger partial charge in [0.15, 0.2) is 0 Å². The van der Waals surface area contributed by atoms with Crippen LogP contribution in [0.2, 0.25) is 0 Å². The second-order valence-corrected chi connectivity index (χ2v) is 9.17. The van der Waals surface area contributed by atoms with E-state index in [0.29, 0.717) is 23.6 Å². The largest absolute Gasteiger partial charge is 0.334 e. The third-order valence-electron chi connectivity index (χ3n) is 6.00. The van der Waals surface area contributed by atoms with Crippen molar-refractivity contribution in [3.8, 4) is 11.4 Å². The Balaban J connectivity index is 1.35. The number of benzene rings is 2. The summed E-state index contributed by atoms with van der Waals surface area (Å²) in [5.41, 5.74) is 3.91. The normalized spacial score (nSPS) is 20.2. The molecule has 0 saturated heterocycles. The first-order chi connectivity index (χ1) is 14.0. The van der Waals surface area contributed by atoms with Gasteiger partial charge in [0.2, 0.25) is 5.82 Å². The molecule has 1 saturated carbocycles. The van der Waals surface area contributed by atoms with E-state index in [1.54, 1.807) is 0 Å². The second kappa shape index (κ2) is 8.36. The minimum absolute atomic E-state index is 0.142. The highest BCUT2D eigenvalue weighted by molar-refractivity contribution is 5.56. The summed E-state index contributed by atoms with van der Waals surface area (Å²) >= 11 is 0. The van der Waals surface area contributed by atoms with Gasteiger partial charge in [0.25, 0.3) is 5.89 Å². The molecule has 1 aliphatic carbocycles. The Hall–Kier alpha value is -2.68. The van der Waals surface area contributed by atoms with Gasteiger partial charge >= 0.3 is 0 Å². The van der Waals surface area contributed by atoms with E-state index in [1.807, 2.05) is 6.08 Å². The Morgan fingerprint density at radius 2 is 1.59 bits per heavy atom. The van der Waals surface area contributed by atoms with Crippen molar-refractivity contribution in [2.75, 3.05) is 0 Å². The van der Waals surface area contributed by atoms with Gasteiger partial charge < -0.3 is 4.52 Å². The van der Waals surface area contributed by atoms with Gasteiger partial charge in [-0.2, -0.15) is 4.98 Å². The van der Waals surface area contributed by atoms with Crippen LogP contribution in [-0.2, 0) is 5.41 Å². The minimum atomic E-state index is 0.142. The van der Waals surface area contributed by atoms with Gasteiger partial charge in [-0.3, -0.25) is 0 Å². The first kappa shape index (κ1) is 19.6. The molecule has 2 aromatic carbocycles. The first-order valence-corrected chi connectivity index (χ1v) is 10.7. The lowest BCUT2D eigenvalue weighted by Crippen LogP contribution is -2.11. The molecule has 0 atom stereocenters. The molecular formula is C26H30N2O. The zero-order valence-corrected chi connectivity index (χ0v) is 17.6. The Kier molecular flexibility index (Phi) is 5.66. The molecule has 0 bridgehead atoms. The summed E-state index contributed by atoms with van der Waals surface area (Å²) in [6.07, 6.45) is 9.16. The van der Waals surface area contributed by atoms with Crippen molar-refractivity contribution < 1.29 is 4.52 Å². The third-order valence-corrected chi connectivity index (χ3v) is 6.00. The van der Waals surface area contributed by atoms with Crippen LogP contribution in [0.15, 0.2) is 65.2 Å². The molecule has 0 N–H and O–H groups in total. The van der Waals surface area contributed by atoms with Crippen molar-refractivity contribution in [3.63, 3.8) is 0 Å². The highest BCUT2D eigenvalue weighted by Crippen LogP contribution is 2.36. The van der Waals surface area contributed by atoms with Gasteiger partial charge in [-0.25, -0.2) is 0 Å². The Morgan fingerprint density at radius 1 is 0.897 bits per heavy atom. The van der Waals surface area contributed by atoms with E-state index in [1.165, 1.54) is 36.8 Å². The summed E-state index contributed by atoms with van der Waals surface area (Å²) in [7, 11) is 0. The molecule has 0 amide bonds. The maximum absolute atomic E-state index is 5.45. The summed E-state index contributed by atoms with van der Waals surface area (Å²) in [5.74, 6) is 2.53. The number of allylic oxidation sites excluding steroid dienone is 1. The summed E-state index contributed by atoms with van der Waals surface area (Å²) in [6, 6.07) is 19.3. The van der Waals surface area contributed by atoms with Crippen LogP contribution >= 0.6 is 0 Å². The van der Waals surface area contributed by atoms with Crippen LogP contribution in [0.25, 0.3) is 17.5 Å². The highest BCUT2D eigenvalue weighted by Gasteiger charge is 2.21. The average molecular weight is 387 g/mol. The monoisotopic (exact) mass is 386 g/mol. The van der Waals surface area contributed by atoms with Crippen LogP contribution in [0.4, 0.5) is 0 Å². The smallest absolute Gasteiger partial charge is 0.250 e. The van der Waals surface area contributed by atoms with E-state index < -0.39 is 0 Å². The van der Waals surface area contributed by atoms with Crippen LogP contribution in [0, 0.1) is 5.92 Å². The topological polar surface area (TPSA) is 38.9 Å². The molecule has 0 aliphatic heterocycles. The summed E-state index contributed by atoms with van der Waals surface area (Å²) in [4.78, 5) is 4.55. The third kappa shape index (κ3) is 4.84. The summed E-state index contributed by atoms with van der Waals surface area (Å²) < 4.78 is 5.45. The zero-order valence-electron chi connectivity index (χ0n) is 17.6. The molecular weight excluding hydrogens is 356 g/mol. The van der Waals surface area contributed by atoms with Crippen molar-refractivity contribution in [1.29, 1.82) is 0 Å². The first-order valence-electron chi connectivity index (χ1n) is 10.7. The standard InChI is InChI=1S/C26H30N2O/c1-26(2,3)23-16-14-22(15-17-23)25-27-24(29-28-25)18-11-19-9-12-21(13-10-19)20-7-5-4-6-8-20/h4-8,11,14-19,21H,9-10,12-13H2,1-3H3. The van der Waals surface area contributed by atoms with Crippen molar-refractivity contribution >= 4 is 6.08 Å². The molecule has 1 heterocycles. The fourth-order valence-electron chi connectivity index (χ4n) is 4.13. The zero-order chi connectivity index (χ0) is 20.3. The SMILES string of the molecule is CC(C)(C)c1ccc(-c2noc(C=CC3CCC(c4ccccc4)CC3)n2)cc1. The van der Waals surface area contributed by atoms with Gasteiger partial charge in [-0.1, -0.05) is 86.6 Å². The molecule has 150 valence electrons.